The quantitative estimate of drug-likeness (QED) is 0.715. The number of hydrogen-bond donors (Lipinski definition) is 0. The molecule has 0 unspecified atom stereocenters. The maximum atomic E-state index is 12.5. The Kier molecular flexibility index (Phi) is 4.17. The van der Waals surface area contributed by atoms with Gasteiger partial charge in [0, 0.05) is 36.9 Å². The van der Waals surface area contributed by atoms with Crippen molar-refractivity contribution in [1.29, 1.82) is 0 Å². The molecule has 2 fully saturated rings. The number of likely N-dealkylation sites (N-methyl/N-ethyl adjacent to an activating group) is 1. The van der Waals surface area contributed by atoms with Crippen LogP contribution in [0.15, 0.2) is 16.7 Å². The first-order valence-electron chi connectivity index (χ1n) is 7.35. The van der Waals surface area contributed by atoms with Crippen molar-refractivity contribution in [3.8, 4) is 0 Å². The highest BCUT2D eigenvalue weighted by atomic mass is 79.9. The monoisotopic (exact) mass is 340 g/mol. The molecule has 4 nitrogen and oxygen atoms in total. The third-order valence-electron chi connectivity index (χ3n) is 3.94. The largest absolute Gasteiger partial charge is 0.379 e. The number of rotatable bonds is 7. The third-order valence-corrected chi connectivity index (χ3v) is 4.38. The van der Waals surface area contributed by atoms with Crippen LogP contribution >= 0.6 is 15.9 Å². The van der Waals surface area contributed by atoms with Gasteiger partial charge in [-0.15, -0.1) is 0 Å². The molecule has 110 valence electrons. The number of nitrogens with zero attached hydrogens (tertiary/aromatic N) is 2. The molecule has 0 aliphatic heterocycles. The molecule has 1 aromatic heterocycles. The zero-order valence-electron chi connectivity index (χ0n) is 11.8. The van der Waals surface area contributed by atoms with Gasteiger partial charge < -0.3 is 14.2 Å². The maximum Gasteiger partial charge on any atom is 0.270 e. The molecule has 5 heteroatoms. The van der Waals surface area contributed by atoms with Crippen LogP contribution in [0.3, 0.4) is 0 Å². The van der Waals surface area contributed by atoms with E-state index < -0.39 is 0 Å². The van der Waals surface area contributed by atoms with Crippen molar-refractivity contribution in [2.24, 2.45) is 5.92 Å². The van der Waals surface area contributed by atoms with E-state index in [-0.39, 0.29) is 5.91 Å². The fourth-order valence-electron chi connectivity index (χ4n) is 2.30. The van der Waals surface area contributed by atoms with Gasteiger partial charge in [0.05, 0.1) is 6.61 Å². The zero-order valence-corrected chi connectivity index (χ0v) is 13.4. The summed E-state index contributed by atoms with van der Waals surface area (Å²) in [7, 11) is 1.85. The van der Waals surface area contributed by atoms with Crippen LogP contribution in [-0.2, 0) is 4.74 Å². The lowest BCUT2D eigenvalue weighted by atomic mass is 10.3. The van der Waals surface area contributed by atoms with Crippen LogP contribution in [0.4, 0.5) is 0 Å². The summed E-state index contributed by atoms with van der Waals surface area (Å²) in [6, 6.07) is 2.43. The summed E-state index contributed by atoms with van der Waals surface area (Å²) in [6.07, 6.45) is 6.98. The van der Waals surface area contributed by atoms with Gasteiger partial charge in [0.1, 0.15) is 5.69 Å². The zero-order chi connectivity index (χ0) is 14.1. The highest BCUT2D eigenvalue weighted by Gasteiger charge is 2.28. The average Bonchev–Trinajstić information content (AvgIpc) is 3.33. The predicted molar refractivity (Wildman–Crippen MR) is 80.9 cm³/mol. The minimum absolute atomic E-state index is 0.0811. The van der Waals surface area contributed by atoms with Gasteiger partial charge in [-0.2, -0.15) is 0 Å². The first kappa shape index (κ1) is 14.1. The van der Waals surface area contributed by atoms with E-state index in [1.54, 1.807) is 4.90 Å². The fourth-order valence-corrected chi connectivity index (χ4v) is 2.74. The van der Waals surface area contributed by atoms with Crippen molar-refractivity contribution in [2.75, 3.05) is 26.8 Å². The summed E-state index contributed by atoms with van der Waals surface area (Å²) in [5.74, 6) is 0.858. The van der Waals surface area contributed by atoms with Crippen molar-refractivity contribution in [3.63, 3.8) is 0 Å². The molecule has 0 aromatic carbocycles. The lowest BCUT2D eigenvalue weighted by Crippen LogP contribution is -2.31. The van der Waals surface area contributed by atoms with E-state index in [0.29, 0.717) is 19.2 Å². The molecule has 1 heterocycles. The van der Waals surface area contributed by atoms with E-state index in [1.807, 2.05) is 19.3 Å². The molecule has 2 aliphatic carbocycles. The van der Waals surface area contributed by atoms with E-state index in [1.165, 1.54) is 25.7 Å². The molecule has 0 radical (unpaired) electrons. The molecule has 1 amide bonds. The highest BCUT2D eigenvalue weighted by Crippen LogP contribution is 2.37. The van der Waals surface area contributed by atoms with Crippen molar-refractivity contribution in [3.05, 3.63) is 22.4 Å². The van der Waals surface area contributed by atoms with Gasteiger partial charge >= 0.3 is 0 Å². The van der Waals surface area contributed by atoms with Crippen LogP contribution in [-0.4, -0.2) is 42.2 Å². The molecule has 0 atom stereocenters. The van der Waals surface area contributed by atoms with Gasteiger partial charge in [0.15, 0.2) is 0 Å². The Balaban J connectivity index is 1.53. The molecule has 20 heavy (non-hydrogen) atoms. The molecule has 0 N–H and O–H groups in total. The SMILES string of the molecule is CN(CCOCC1CC1)C(=O)c1cc(Br)cn1C1CC1. The fraction of sp³-hybridized carbons (Fsp3) is 0.667. The van der Waals surface area contributed by atoms with Gasteiger partial charge in [-0.05, 0) is 53.6 Å². The summed E-state index contributed by atoms with van der Waals surface area (Å²) in [4.78, 5) is 14.2. The minimum Gasteiger partial charge on any atom is -0.379 e. The molecule has 0 bridgehead atoms. The number of hydrogen-bond acceptors (Lipinski definition) is 2. The van der Waals surface area contributed by atoms with E-state index in [2.05, 4.69) is 20.5 Å². The smallest absolute Gasteiger partial charge is 0.270 e. The second-order valence-corrected chi connectivity index (χ2v) is 6.84. The number of amides is 1. The number of carbonyl (C=O) groups is 1. The van der Waals surface area contributed by atoms with Gasteiger partial charge in [0.25, 0.3) is 5.91 Å². The molecular weight excluding hydrogens is 320 g/mol. The Hall–Kier alpha value is -0.810. The summed E-state index contributed by atoms with van der Waals surface area (Å²) in [5, 5.41) is 0. The van der Waals surface area contributed by atoms with Gasteiger partial charge in [-0.25, -0.2) is 0 Å². The van der Waals surface area contributed by atoms with Gasteiger partial charge in [-0.3, -0.25) is 4.79 Å². The second kappa shape index (κ2) is 5.90. The van der Waals surface area contributed by atoms with Crippen LogP contribution in [0.5, 0.6) is 0 Å². The van der Waals surface area contributed by atoms with Crippen molar-refractivity contribution >= 4 is 21.8 Å². The van der Waals surface area contributed by atoms with Crippen LogP contribution in [0.1, 0.15) is 42.2 Å². The van der Waals surface area contributed by atoms with Crippen molar-refractivity contribution in [1.82, 2.24) is 9.47 Å². The Labute approximate surface area is 128 Å². The normalized spacial score (nSPS) is 18.3. The van der Waals surface area contributed by atoms with Crippen LogP contribution < -0.4 is 0 Å². The van der Waals surface area contributed by atoms with E-state index in [9.17, 15) is 4.79 Å². The van der Waals surface area contributed by atoms with Crippen LogP contribution in [0.2, 0.25) is 0 Å². The number of carbonyl (C=O) groups excluding carboxylic acids is 1. The number of ether oxygens (including phenoxy) is 1. The average molecular weight is 341 g/mol. The first-order chi connectivity index (χ1) is 9.65. The molecule has 2 aliphatic rings. The van der Waals surface area contributed by atoms with E-state index >= 15 is 0 Å². The predicted octanol–water partition coefficient (Wildman–Crippen LogP) is 3.08. The van der Waals surface area contributed by atoms with E-state index in [0.717, 1.165) is 22.7 Å². The molecule has 0 saturated heterocycles. The number of halogens is 1. The minimum atomic E-state index is 0.0811. The van der Waals surface area contributed by atoms with Gasteiger partial charge in [0.2, 0.25) is 0 Å². The summed E-state index contributed by atoms with van der Waals surface area (Å²) >= 11 is 3.47. The first-order valence-corrected chi connectivity index (χ1v) is 8.15. The molecular formula is C15H21BrN2O2. The second-order valence-electron chi connectivity index (χ2n) is 5.93. The molecule has 2 saturated carbocycles. The summed E-state index contributed by atoms with van der Waals surface area (Å²) < 4.78 is 8.68. The topological polar surface area (TPSA) is 34.5 Å². The van der Waals surface area contributed by atoms with Crippen LogP contribution in [0, 0.1) is 5.92 Å². The Bertz CT molecular complexity index is 492. The Morgan fingerprint density at radius 2 is 2.20 bits per heavy atom. The Morgan fingerprint density at radius 3 is 2.85 bits per heavy atom. The van der Waals surface area contributed by atoms with Crippen LogP contribution in [0.25, 0.3) is 0 Å². The maximum absolute atomic E-state index is 12.5. The summed E-state index contributed by atoms with van der Waals surface area (Å²) in [5.41, 5.74) is 0.782. The molecule has 1 aromatic rings. The summed E-state index contributed by atoms with van der Waals surface area (Å²) in [6.45, 7) is 2.13. The van der Waals surface area contributed by atoms with Gasteiger partial charge in [-0.1, -0.05) is 0 Å². The lowest BCUT2D eigenvalue weighted by molar-refractivity contribution is 0.0671. The third kappa shape index (κ3) is 3.44. The highest BCUT2D eigenvalue weighted by molar-refractivity contribution is 9.10. The molecule has 3 rings (SSSR count). The van der Waals surface area contributed by atoms with E-state index in [4.69, 9.17) is 4.74 Å². The Morgan fingerprint density at radius 1 is 1.45 bits per heavy atom. The van der Waals surface area contributed by atoms with Crippen molar-refractivity contribution < 1.29 is 9.53 Å². The molecule has 0 spiro atoms. The standard InChI is InChI=1S/C15H21BrN2O2/c1-17(6-7-20-10-11-2-3-11)15(19)14-8-12(16)9-18(14)13-4-5-13/h8-9,11,13H,2-7,10H2,1H3. The van der Waals surface area contributed by atoms with Crippen molar-refractivity contribution in [2.45, 2.75) is 31.7 Å². The number of aromatic nitrogens is 1. The lowest BCUT2D eigenvalue weighted by Gasteiger charge is -2.18.